The summed E-state index contributed by atoms with van der Waals surface area (Å²) < 4.78 is 30.2. The third-order valence-corrected chi connectivity index (χ3v) is 5.23. The van der Waals surface area contributed by atoms with E-state index in [0.29, 0.717) is 25.2 Å². The number of piperidine rings is 1. The van der Waals surface area contributed by atoms with Gasteiger partial charge in [-0.2, -0.15) is 14.9 Å². The van der Waals surface area contributed by atoms with Crippen molar-refractivity contribution in [1.82, 2.24) is 24.3 Å². The van der Waals surface area contributed by atoms with Gasteiger partial charge in [0, 0.05) is 32.9 Å². The van der Waals surface area contributed by atoms with Crippen molar-refractivity contribution in [1.29, 1.82) is 0 Å². The molecule has 2 aromatic rings. The molecule has 1 saturated heterocycles. The number of carbonyl (C=O) groups is 1. The van der Waals surface area contributed by atoms with Gasteiger partial charge in [-0.3, -0.25) is 19.1 Å². The van der Waals surface area contributed by atoms with Crippen molar-refractivity contribution in [3.05, 3.63) is 24.7 Å². The molecule has 23 heavy (non-hydrogen) atoms. The van der Waals surface area contributed by atoms with Gasteiger partial charge in [0.15, 0.2) is 0 Å². The molecule has 3 heterocycles. The lowest BCUT2D eigenvalue weighted by atomic mass is 10.1. The molecule has 124 valence electrons. The minimum atomic E-state index is -3.78. The molecule has 1 N–H and O–H groups in total. The fraction of sp³-hybridized carbons (Fsp3) is 0.462. The molecule has 2 aromatic heterocycles. The number of rotatable bonds is 4. The molecular formula is C13H18N6O3S. The van der Waals surface area contributed by atoms with E-state index in [1.165, 1.54) is 17.1 Å². The van der Waals surface area contributed by atoms with Gasteiger partial charge in [0.25, 0.3) is 0 Å². The van der Waals surface area contributed by atoms with Crippen LogP contribution < -0.4 is 9.62 Å². The lowest BCUT2D eigenvalue weighted by molar-refractivity contribution is -0.121. The van der Waals surface area contributed by atoms with E-state index in [1.54, 1.807) is 35.9 Å². The Balaban J connectivity index is 1.80. The van der Waals surface area contributed by atoms with Crippen molar-refractivity contribution >= 4 is 21.7 Å². The third kappa shape index (κ3) is 2.99. The van der Waals surface area contributed by atoms with E-state index in [9.17, 15) is 13.2 Å². The first kappa shape index (κ1) is 15.7. The number of aryl methyl sites for hydroxylation is 2. The van der Waals surface area contributed by atoms with E-state index >= 15 is 0 Å². The zero-order valence-electron chi connectivity index (χ0n) is 12.9. The van der Waals surface area contributed by atoms with Crippen LogP contribution in [0.3, 0.4) is 0 Å². The lowest BCUT2D eigenvalue weighted by Crippen LogP contribution is -2.52. The van der Waals surface area contributed by atoms with Crippen molar-refractivity contribution < 1.29 is 13.2 Å². The summed E-state index contributed by atoms with van der Waals surface area (Å²) in [5.41, 5.74) is 0. The predicted molar refractivity (Wildman–Crippen MR) is 82.1 cm³/mol. The van der Waals surface area contributed by atoms with E-state index < -0.39 is 16.1 Å². The number of nitrogens with zero attached hydrogens (tertiary/aromatic N) is 5. The molecule has 0 bridgehead atoms. The second-order valence-electron chi connectivity index (χ2n) is 5.47. The van der Waals surface area contributed by atoms with Crippen LogP contribution in [-0.4, -0.2) is 46.5 Å². The standard InChI is InChI=1S/C13H18N6O3S/c1-17-9-10(8-15-17)23(21,22)16-11-4-3-7-19(13(11)20)12-5-6-14-18(12)2/h5-6,8-9,11,16H,3-4,7H2,1-2H3/t11-/m1/s1. The fourth-order valence-electron chi connectivity index (χ4n) is 2.64. The SMILES string of the molecule is Cn1cc(S(=O)(=O)N[C@@H]2CCCN(c3ccnn3C)C2=O)cn1. The van der Waals surface area contributed by atoms with Crippen molar-refractivity contribution in [3.63, 3.8) is 0 Å². The van der Waals surface area contributed by atoms with Crippen LogP contribution in [0.5, 0.6) is 0 Å². The number of hydrogen-bond donors (Lipinski definition) is 1. The molecular weight excluding hydrogens is 320 g/mol. The summed E-state index contributed by atoms with van der Waals surface area (Å²) in [6.45, 7) is 0.545. The number of sulfonamides is 1. The summed E-state index contributed by atoms with van der Waals surface area (Å²) in [4.78, 5) is 14.2. The van der Waals surface area contributed by atoms with Crippen LogP contribution in [0.2, 0.25) is 0 Å². The van der Waals surface area contributed by atoms with Crippen LogP contribution in [0, 0.1) is 0 Å². The molecule has 10 heteroatoms. The first-order valence-electron chi connectivity index (χ1n) is 7.19. The van der Waals surface area contributed by atoms with Crippen LogP contribution >= 0.6 is 0 Å². The Bertz CT molecular complexity index is 824. The zero-order valence-corrected chi connectivity index (χ0v) is 13.7. The maximum atomic E-state index is 12.6. The molecule has 1 atom stereocenters. The number of amides is 1. The van der Waals surface area contributed by atoms with E-state index in [0.717, 1.165) is 0 Å². The molecule has 9 nitrogen and oxygen atoms in total. The first-order chi connectivity index (χ1) is 10.9. The third-order valence-electron chi connectivity index (χ3n) is 3.80. The summed E-state index contributed by atoms with van der Waals surface area (Å²) in [5.74, 6) is 0.382. The number of nitrogens with one attached hydrogen (secondary N) is 1. The van der Waals surface area contributed by atoms with Crippen LogP contribution in [-0.2, 0) is 28.9 Å². The Morgan fingerprint density at radius 3 is 2.70 bits per heavy atom. The minimum absolute atomic E-state index is 0.0467. The highest BCUT2D eigenvalue weighted by atomic mass is 32.2. The molecule has 0 saturated carbocycles. The molecule has 3 rings (SSSR count). The highest BCUT2D eigenvalue weighted by molar-refractivity contribution is 7.89. The monoisotopic (exact) mass is 338 g/mol. The van der Waals surface area contributed by atoms with Crippen molar-refractivity contribution in [2.24, 2.45) is 14.1 Å². The van der Waals surface area contributed by atoms with E-state index in [1.807, 2.05) is 0 Å². The number of carbonyl (C=O) groups excluding carboxylic acids is 1. The predicted octanol–water partition coefficient (Wildman–Crippen LogP) is -0.373. The van der Waals surface area contributed by atoms with Crippen molar-refractivity contribution in [2.45, 2.75) is 23.8 Å². The largest absolute Gasteiger partial charge is 0.296 e. The fourth-order valence-corrected chi connectivity index (χ4v) is 3.84. The lowest BCUT2D eigenvalue weighted by Gasteiger charge is -2.32. The maximum absolute atomic E-state index is 12.6. The van der Waals surface area contributed by atoms with Gasteiger partial charge in [0.2, 0.25) is 15.9 Å². The molecule has 1 aliphatic rings. The summed E-state index contributed by atoms with van der Waals surface area (Å²) >= 11 is 0. The topological polar surface area (TPSA) is 102 Å². The summed E-state index contributed by atoms with van der Waals surface area (Å²) in [6.07, 6.45) is 5.43. The number of anilines is 1. The average Bonchev–Trinajstić information content (AvgIpc) is 3.10. The average molecular weight is 338 g/mol. The van der Waals surface area contributed by atoms with Gasteiger partial charge in [0.05, 0.1) is 12.4 Å². The number of hydrogen-bond acceptors (Lipinski definition) is 5. The van der Waals surface area contributed by atoms with Crippen molar-refractivity contribution in [2.75, 3.05) is 11.4 Å². The molecule has 1 fully saturated rings. The number of aromatic nitrogens is 4. The molecule has 0 radical (unpaired) electrons. The van der Waals surface area contributed by atoms with E-state index in [2.05, 4.69) is 14.9 Å². The van der Waals surface area contributed by atoms with E-state index in [-0.39, 0.29) is 10.8 Å². The van der Waals surface area contributed by atoms with Crippen LogP contribution in [0.15, 0.2) is 29.6 Å². The second kappa shape index (κ2) is 5.78. The Morgan fingerprint density at radius 2 is 2.09 bits per heavy atom. The van der Waals surface area contributed by atoms with Crippen LogP contribution in [0.1, 0.15) is 12.8 Å². The minimum Gasteiger partial charge on any atom is -0.296 e. The molecule has 1 amide bonds. The van der Waals surface area contributed by atoms with Gasteiger partial charge >= 0.3 is 0 Å². The van der Waals surface area contributed by atoms with Crippen LogP contribution in [0.25, 0.3) is 0 Å². The summed E-state index contributed by atoms with van der Waals surface area (Å²) in [6, 6.07) is 0.944. The summed E-state index contributed by atoms with van der Waals surface area (Å²) in [5, 5.41) is 7.90. The van der Waals surface area contributed by atoms with Gasteiger partial charge in [-0.15, -0.1) is 0 Å². The molecule has 0 aliphatic carbocycles. The highest BCUT2D eigenvalue weighted by Crippen LogP contribution is 2.21. The summed E-state index contributed by atoms with van der Waals surface area (Å²) in [7, 11) is -0.402. The Labute approximate surface area is 133 Å². The maximum Gasteiger partial charge on any atom is 0.246 e. The van der Waals surface area contributed by atoms with Crippen molar-refractivity contribution in [3.8, 4) is 0 Å². The van der Waals surface area contributed by atoms with Gasteiger partial charge < -0.3 is 0 Å². The molecule has 0 unspecified atom stereocenters. The van der Waals surface area contributed by atoms with Crippen LogP contribution in [0.4, 0.5) is 5.82 Å². The Kier molecular flexibility index (Phi) is 3.94. The smallest absolute Gasteiger partial charge is 0.246 e. The first-order valence-corrected chi connectivity index (χ1v) is 8.67. The molecule has 1 aliphatic heterocycles. The van der Waals surface area contributed by atoms with E-state index in [4.69, 9.17) is 0 Å². The zero-order chi connectivity index (χ0) is 16.6. The van der Waals surface area contributed by atoms with Gasteiger partial charge in [-0.1, -0.05) is 0 Å². The molecule has 0 aromatic carbocycles. The second-order valence-corrected chi connectivity index (χ2v) is 7.18. The van der Waals surface area contributed by atoms with Gasteiger partial charge in [-0.05, 0) is 12.8 Å². The quantitative estimate of drug-likeness (QED) is 0.819. The molecule has 0 spiro atoms. The normalized spacial score (nSPS) is 19.3. The van der Waals surface area contributed by atoms with Gasteiger partial charge in [0.1, 0.15) is 16.8 Å². The van der Waals surface area contributed by atoms with Gasteiger partial charge in [-0.25, -0.2) is 8.42 Å². The Morgan fingerprint density at radius 1 is 1.30 bits per heavy atom. The Hall–Kier alpha value is -2.20. The highest BCUT2D eigenvalue weighted by Gasteiger charge is 2.34.